The monoisotopic (exact) mass is 420 g/mol. The summed E-state index contributed by atoms with van der Waals surface area (Å²) in [5.41, 5.74) is 2.13. The number of halogens is 1. The molecule has 1 saturated carbocycles. The Bertz CT molecular complexity index is 1100. The van der Waals surface area contributed by atoms with Crippen LogP contribution in [0, 0.1) is 5.82 Å². The van der Waals surface area contributed by atoms with E-state index in [0.29, 0.717) is 13.2 Å². The van der Waals surface area contributed by atoms with E-state index < -0.39 is 0 Å². The van der Waals surface area contributed by atoms with E-state index in [9.17, 15) is 9.18 Å². The van der Waals surface area contributed by atoms with Crippen LogP contribution in [0.2, 0.25) is 0 Å². The number of ether oxygens (including phenoxy) is 1. The predicted octanol–water partition coefficient (Wildman–Crippen LogP) is 5.07. The minimum absolute atomic E-state index is 0.0976. The van der Waals surface area contributed by atoms with Gasteiger partial charge in [0.25, 0.3) is 5.56 Å². The first-order valence-electron chi connectivity index (χ1n) is 11.4. The fourth-order valence-electron chi connectivity index (χ4n) is 5.27. The third-order valence-electron chi connectivity index (χ3n) is 6.81. The second kappa shape index (κ2) is 8.93. The van der Waals surface area contributed by atoms with Crippen LogP contribution in [0.5, 0.6) is 0 Å². The minimum atomic E-state index is -0.243. The highest BCUT2D eigenvalue weighted by Gasteiger charge is 2.30. The molecule has 3 aromatic rings. The molecular weight excluding hydrogens is 391 g/mol. The molecule has 1 aromatic heterocycles. The quantitative estimate of drug-likeness (QED) is 0.591. The number of rotatable bonds is 4. The SMILES string of the molecule is O=c1c2ccccc2cc(C(c2ccc(F)cc2)N2CCOCC2)n1C1CCCCC1. The number of hydrogen-bond acceptors (Lipinski definition) is 3. The zero-order valence-electron chi connectivity index (χ0n) is 17.8. The first-order chi connectivity index (χ1) is 15.2. The average Bonchev–Trinajstić information content (AvgIpc) is 2.82. The topological polar surface area (TPSA) is 34.5 Å². The molecule has 0 spiro atoms. The first kappa shape index (κ1) is 20.4. The third-order valence-corrected chi connectivity index (χ3v) is 6.81. The van der Waals surface area contributed by atoms with E-state index in [-0.39, 0.29) is 23.5 Å². The van der Waals surface area contributed by atoms with Gasteiger partial charge in [0.1, 0.15) is 5.82 Å². The molecule has 0 amide bonds. The molecular formula is C26H29FN2O2. The van der Waals surface area contributed by atoms with Crippen LogP contribution in [0.1, 0.15) is 55.4 Å². The van der Waals surface area contributed by atoms with Crippen LogP contribution < -0.4 is 5.56 Å². The molecule has 4 nitrogen and oxygen atoms in total. The van der Waals surface area contributed by atoms with Gasteiger partial charge in [0.15, 0.2) is 0 Å². The van der Waals surface area contributed by atoms with Gasteiger partial charge in [-0.15, -0.1) is 0 Å². The van der Waals surface area contributed by atoms with Crippen LogP contribution in [0.25, 0.3) is 10.8 Å². The molecule has 1 saturated heterocycles. The Hall–Kier alpha value is -2.50. The maximum atomic E-state index is 13.8. The van der Waals surface area contributed by atoms with Crippen molar-refractivity contribution in [3.63, 3.8) is 0 Å². The molecule has 2 aliphatic rings. The van der Waals surface area contributed by atoms with Crippen LogP contribution >= 0.6 is 0 Å². The molecule has 0 bridgehead atoms. The second-order valence-electron chi connectivity index (χ2n) is 8.73. The van der Waals surface area contributed by atoms with Gasteiger partial charge < -0.3 is 9.30 Å². The normalized spacial score (nSPS) is 19.5. The number of hydrogen-bond donors (Lipinski definition) is 0. The molecule has 162 valence electrons. The zero-order valence-corrected chi connectivity index (χ0v) is 17.8. The molecule has 2 fully saturated rings. The lowest BCUT2D eigenvalue weighted by Crippen LogP contribution is -2.42. The van der Waals surface area contributed by atoms with Crippen molar-refractivity contribution in [1.29, 1.82) is 0 Å². The fraction of sp³-hybridized carbons (Fsp3) is 0.423. The van der Waals surface area contributed by atoms with E-state index in [1.165, 1.54) is 18.6 Å². The van der Waals surface area contributed by atoms with Crippen molar-refractivity contribution in [3.05, 3.63) is 82.0 Å². The Balaban J connectivity index is 1.73. The summed E-state index contributed by atoms with van der Waals surface area (Å²) in [4.78, 5) is 16.2. The van der Waals surface area contributed by atoms with Crippen molar-refractivity contribution < 1.29 is 9.13 Å². The molecule has 2 heterocycles. The smallest absolute Gasteiger partial charge is 0.258 e. The fourth-order valence-corrected chi connectivity index (χ4v) is 5.27. The maximum Gasteiger partial charge on any atom is 0.258 e. The molecule has 1 atom stereocenters. The van der Waals surface area contributed by atoms with Crippen LogP contribution in [0.3, 0.4) is 0 Å². The van der Waals surface area contributed by atoms with Gasteiger partial charge in [-0.2, -0.15) is 0 Å². The Morgan fingerprint density at radius 3 is 2.39 bits per heavy atom. The molecule has 1 unspecified atom stereocenters. The standard InChI is InChI=1S/C26H29FN2O2/c27-21-12-10-19(11-13-21)25(28-14-16-31-17-15-28)24-18-20-6-4-5-9-23(20)26(30)29(24)22-7-2-1-3-8-22/h4-6,9-13,18,22,25H,1-3,7-8,14-17H2. The van der Waals surface area contributed by atoms with Gasteiger partial charge in [-0.25, -0.2) is 4.39 Å². The third kappa shape index (κ3) is 4.04. The predicted molar refractivity (Wildman–Crippen MR) is 121 cm³/mol. The van der Waals surface area contributed by atoms with Crippen LogP contribution in [-0.2, 0) is 4.74 Å². The number of benzene rings is 2. The zero-order chi connectivity index (χ0) is 21.2. The van der Waals surface area contributed by atoms with Gasteiger partial charge in [-0.3, -0.25) is 9.69 Å². The Morgan fingerprint density at radius 1 is 0.935 bits per heavy atom. The van der Waals surface area contributed by atoms with Crippen molar-refractivity contribution in [2.45, 2.75) is 44.2 Å². The first-order valence-corrected chi connectivity index (χ1v) is 11.4. The van der Waals surface area contributed by atoms with E-state index >= 15 is 0 Å². The molecule has 0 N–H and O–H groups in total. The Kier molecular flexibility index (Phi) is 5.88. The highest BCUT2D eigenvalue weighted by atomic mass is 19.1. The van der Waals surface area contributed by atoms with Gasteiger partial charge in [0, 0.05) is 30.2 Å². The number of nitrogens with zero attached hydrogens (tertiary/aromatic N) is 2. The maximum absolute atomic E-state index is 13.8. The molecule has 31 heavy (non-hydrogen) atoms. The molecule has 1 aliphatic carbocycles. The highest BCUT2D eigenvalue weighted by molar-refractivity contribution is 5.82. The van der Waals surface area contributed by atoms with E-state index in [4.69, 9.17) is 4.74 Å². The number of pyridine rings is 1. The van der Waals surface area contributed by atoms with E-state index in [2.05, 4.69) is 15.5 Å². The van der Waals surface area contributed by atoms with Gasteiger partial charge in [0.05, 0.1) is 19.3 Å². The summed E-state index contributed by atoms with van der Waals surface area (Å²) in [6.45, 7) is 2.90. The Labute approximate surface area is 182 Å². The summed E-state index contributed by atoms with van der Waals surface area (Å²) in [6.07, 6.45) is 5.61. The molecule has 2 aromatic carbocycles. The lowest BCUT2D eigenvalue weighted by atomic mass is 9.92. The van der Waals surface area contributed by atoms with Crippen molar-refractivity contribution in [2.75, 3.05) is 26.3 Å². The summed E-state index contributed by atoms with van der Waals surface area (Å²) in [5, 5.41) is 1.74. The van der Waals surface area contributed by atoms with E-state index in [1.54, 1.807) is 0 Å². The van der Waals surface area contributed by atoms with Crippen LogP contribution in [0.4, 0.5) is 4.39 Å². The summed E-state index contributed by atoms with van der Waals surface area (Å²) < 4.78 is 21.4. The summed E-state index contributed by atoms with van der Waals surface area (Å²) in [7, 11) is 0. The van der Waals surface area contributed by atoms with Crippen molar-refractivity contribution in [3.8, 4) is 0 Å². The minimum Gasteiger partial charge on any atom is -0.379 e. The average molecular weight is 421 g/mol. The van der Waals surface area contributed by atoms with Gasteiger partial charge in [0.2, 0.25) is 0 Å². The number of fused-ring (bicyclic) bond motifs is 1. The van der Waals surface area contributed by atoms with E-state index in [0.717, 1.165) is 60.8 Å². The largest absolute Gasteiger partial charge is 0.379 e. The Morgan fingerprint density at radius 2 is 1.65 bits per heavy atom. The summed E-state index contributed by atoms with van der Waals surface area (Å²) in [5.74, 6) is -0.243. The van der Waals surface area contributed by atoms with E-state index in [1.807, 2.05) is 36.4 Å². The lowest BCUT2D eigenvalue weighted by molar-refractivity contribution is 0.0220. The summed E-state index contributed by atoms with van der Waals surface area (Å²) in [6, 6.07) is 16.9. The lowest BCUT2D eigenvalue weighted by Gasteiger charge is -2.38. The van der Waals surface area contributed by atoms with Crippen molar-refractivity contribution in [1.82, 2.24) is 9.47 Å². The molecule has 1 aliphatic heterocycles. The van der Waals surface area contributed by atoms with Gasteiger partial charge in [-0.1, -0.05) is 49.6 Å². The molecule has 5 heteroatoms. The highest BCUT2D eigenvalue weighted by Crippen LogP contribution is 2.35. The number of aromatic nitrogens is 1. The van der Waals surface area contributed by atoms with Crippen LogP contribution in [0.15, 0.2) is 59.4 Å². The van der Waals surface area contributed by atoms with Gasteiger partial charge in [-0.05, 0) is 48.1 Å². The van der Waals surface area contributed by atoms with Crippen molar-refractivity contribution in [2.24, 2.45) is 0 Å². The molecule has 5 rings (SSSR count). The van der Waals surface area contributed by atoms with Gasteiger partial charge >= 0.3 is 0 Å². The molecule has 0 radical (unpaired) electrons. The van der Waals surface area contributed by atoms with Crippen LogP contribution in [-0.4, -0.2) is 35.8 Å². The second-order valence-corrected chi connectivity index (χ2v) is 8.73. The van der Waals surface area contributed by atoms with Crippen molar-refractivity contribution >= 4 is 10.8 Å². The number of morpholine rings is 1. The summed E-state index contributed by atoms with van der Waals surface area (Å²) >= 11 is 0.